The van der Waals surface area contributed by atoms with Crippen LogP contribution in [0.2, 0.25) is 0 Å². The van der Waals surface area contributed by atoms with Crippen molar-refractivity contribution >= 4 is 19.8 Å². The van der Waals surface area contributed by atoms with Crippen molar-refractivity contribution < 1.29 is 52.5 Å². The van der Waals surface area contributed by atoms with Gasteiger partial charge in [-0.05, 0) is 70.6 Å². The van der Waals surface area contributed by atoms with Crippen molar-refractivity contribution in [2.24, 2.45) is 0 Å². The number of aliphatic hydroxyl groups excluding tert-OH is 2. The minimum atomic E-state index is -4.64. The molecule has 12 heteroatoms. The van der Waals surface area contributed by atoms with Gasteiger partial charge in [0, 0.05) is 12.8 Å². The van der Waals surface area contributed by atoms with Crippen LogP contribution in [0.3, 0.4) is 0 Å². The van der Waals surface area contributed by atoms with Gasteiger partial charge in [0.05, 0.1) is 32.0 Å². The average Bonchev–Trinajstić information content (AvgIpc) is 3.94. The van der Waals surface area contributed by atoms with Gasteiger partial charge in [0.15, 0.2) is 6.10 Å². The largest absolute Gasteiger partial charge is 0.472 e. The van der Waals surface area contributed by atoms with E-state index in [1.165, 1.54) is 57.8 Å². The zero-order valence-electron chi connectivity index (χ0n) is 34.8. The molecule has 0 spiro atoms. The van der Waals surface area contributed by atoms with Gasteiger partial charge in [0.1, 0.15) is 12.7 Å². The first-order valence-corrected chi connectivity index (χ1v) is 23.2. The van der Waals surface area contributed by atoms with E-state index in [2.05, 4.69) is 60.9 Å². The van der Waals surface area contributed by atoms with Gasteiger partial charge in [0.2, 0.25) is 0 Å². The first-order valence-electron chi connectivity index (χ1n) is 21.7. The number of hydrogen-bond acceptors (Lipinski definition) is 10. The van der Waals surface area contributed by atoms with Crippen LogP contribution < -0.4 is 0 Å². The Morgan fingerprint density at radius 1 is 0.643 bits per heavy atom. The first-order chi connectivity index (χ1) is 27.2. The predicted octanol–water partition coefficient (Wildman–Crippen LogP) is 10.3. The summed E-state index contributed by atoms with van der Waals surface area (Å²) in [6.07, 6.45) is 39.6. The van der Waals surface area contributed by atoms with Crippen molar-refractivity contribution in [1.29, 1.82) is 0 Å². The molecule has 0 saturated carbocycles. The van der Waals surface area contributed by atoms with Gasteiger partial charge in [-0.1, -0.05) is 133 Å². The van der Waals surface area contributed by atoms with Crippen LogP contribution in [0.4, 0.5) is 0 Å². The average molecular weight is 813 g/mol. The molecule has 5 atom stereocenters. The highest BCUT2D eigenvalue weighted by Gasteiger charge is 2.36. The Morgan fingerprint density at radius 2 is 1.18 bits per heavy atom. The van der Waals surface area contributed by atoms with Crippen LogP contribution in [0.5, 0.6) is 0 Å². The molecular formula is C44H77O11P. The van der Waals surface area contributed by atoms with Crippen molar-refractivity contribution in [2.45, 2.75) is 192 Å². The van der Waals surface area contributed by atoms with Crippen molar-refractivity contribution in [1.82, 2.24) is 0 Å². The number of phosphoric acid groups is 1. The minimum absolute atomic E-state index is 0.105. The molecule has 0 aromatic heterocycles. The molecule has 1 fully saturated rings. The van der Waals surface area contributed by atoms with E-state index in [0.29, 0.717) is 31.5 Å². The third-order valence-corrected chi connectivity index (χ3v) is 10.3. The number of ether oxygens (including phenoxy) is 3. The Bertz CT molecular complexity index is 1140. The van der Waals surface area contributed by atoms with Crippen LogP contribution >= 0.6 is 7.82 Å². The highest BCUT2D eigenvalue weighted by atomic mass is 31.2. The summed E-state index contributed by atoms with van der Waals surface area (Å²) in [5.41, 5.74) is 0. The summed E-state index contributed by atoms with van der Waals surface area (Å²) < 4.78 is 38.4. The molecule has 0 aliphatic carbocycles. The van der Waals surface area contributed by atoms with E-state index in [1.807, 2.05) is 6.08 Å². The molecule has 3 unspecified atom stereocenters. The highest BCUT2D eigenvalue weighted by molar-refractivity contribution is 7.47. The molecule has 0 bridgehead atoms. The Morgan fingerprint density at radius 3 is 1.88 bits per heavy atom. The van der Waals surface area contributed by atoms with Crippen molar-refractivity contribution in [3.63, 3.8) is 0 Å². The van der Waals surface area contributed by atoms with Crippen molar-refractivity contribution in [2.75, 3.05) is 26.4 Å². The van der Waals surface area contributed by atoms with Crippen LogP contribution in [-0.2, 0) is 37.4 Å². The fraction of sp³-hybridized carbons (Fsp3) is 0.773. The topological polar surface area (TPSA) is 161 Å². The van der Waals surface area contributed by atoms with Crippen LogP contribution in [0, 0.1) is 0 Å². The van der Waals surface area contributed by atoms with Gasteiger partial charge in [0.25, 0.3) is 0 Å². The second kappa shape index (κ2) is 36.0. The Balaban J connectivity index is 2.30. The van der Waals surface area contributed by atoms with Crippen LogP contribution in [0.15, 0.2) is 48.6 Å². The minimum Gasteiger partial charge on any atom is -0.462 e. The molecule has 0 radical (unpaired) electrons. The van der Waals surface area contributed by atoms with E-state index in [-0.39, 0.29) is 19.4 Å². The fourth-order valence-electron chi connectivity index (χ4n) is 5.90. The van der Waals surface area contributed by atoms with E-state index in [0.717, 1.165) is 64.2 Å². The number of phosphoric ester groups is 1. The molecule has 0 amide bonds. The number of carbonyl (C=O) groups is 2. The summed E-state index contributed by atoms with van der Waals surface area (Å²) in [5, 5.41) is 18.3. The molecule has 0 aromatic carbocycles. The summed E-state index contributed by atoms with van der Waals surface area (Å²) in [6, 6.07) is 0. The van der Waals surface area contributed by atoms with E-state index in [1.54, 1.807) is 0 Å². The Kier molecular flexibility index (Phi) is 33.4. The standard InChI is InChI=1S/C44H77O11P/c1-3-5-7-9-11-12-13-14-15-16-17-18-19-20-21-25-30-34-44(48)54-40(38-53-56(49,50)52-36-39(46)35-45)37-51-43(47)33-29-26-22-24-28-32-42-41(55-42)31-27-23-10-8-6-4-2/h14-15,17-18,20-21,23,27,39-42,45-46H,3-13,16,19,22,24-26,28-38H2,1-2H3,(H,49,50)/b15-14-,18-17-,21-20-,27-23-/t39-,40+,41?,42?/m0/s1. The molecule has 324 valence electrons. The highest BCUT2D eigenvalue weighted by Crippen LogP contribution is 2.43. The van der Waals surface area contributed by atoms with Gasteiger partial charge >= 0.3 is 19.8 Å². The van der Waals surface area contributed by atoms with Gasteiger partial charge in [-0.25, -0.2) is 4.57 Å². The third kappa shape index (κ3) is 32.9. The van der Waals surface area contributed by atoms with E-state index >= 15 is 0 Å². The predicted molar refractivity (Wildman–Crippen MR) is 223 cm³/mol. The smallest absolute Gasteiger partial charge is 0.462 e. The van der Waals surface area contributed by atoms with Crippen molar-refractivity contribution in [3.05, 3.63) is 48.6 Å². The normalized spacial score (nSPS) is 17.9. The lowest BCUT2D eigenvalue weighted by molar-refractivity contribution is -0.161. The van der Waals surface area contributed by atoms with Gasteiger partial charge in [-0.2, -0.15) is 0 Å². The molecule has 11 nitrogen and oxygen atoms in total. The molecule has 56 heavy (non-hydrogen) atoms. The first kappa shape index (κ1) is 51.9. The molecular weight excluding hydrogens is 735 g/mol. The van der Waals surface area contributed by atoms with E-state index in [4.69, 9.17) is 23.8 Å². The maximum absolute atomic E-state index is 12.6. The van der Waals surface area contributed by atoms with Gasteiger partial charge < -0.3 is 29.3 Å². The summed E-state index contributed by atoms with van der Waals surface area (Å²) in [4.78, 5) is 35.0. The SMILES string of the molecule is CCCCC/C=C\CC1OC1CCCCCCCC(=O)OC[C@H](COP(=O)(O)OC[C@@H](O)CO)OC(=O)CCC/C=C\C/C=C\C/C=C\CCCCCCCC. The lowest BCUT2D eigenvalue weighted by atomic mass is 10.1. The maximum atomic E-state index is 12.6. The van der Waals surface area contributed by atoms with Gasteiger partial charge in [-0.15, -0.1) is 0 Å². The van der Waals surface area contributed by atoms with Crippen LogP contribution in [-0.4, -0.2) is 77.9 Å². The summed E-state index contributed by atoms with van der Waals surface area (Å²) >= 11 is 0. The lowest BCUT2D eigenvalue weighted by Crippen LogP contribution is -2.29. The van der Waals surface area contributed by atoms with Crippen molar-refractivity contribution in [3.8, 4) is 0 Å². The second-order valence-electron chi connectivity index (χ2n) is 14.7. The zero-order chi connectivity index (χ0) is 41.0. The quantitative estimate of drug-likeness (QED) is 0.0178. The number of unbranched alkanes of at least 4 members (excludes halogenated alkanes) is 14. The van der Waals surface area contributed by atoms with Crippen LogP contribution in [0.1, 0.15) is 168 Å². The summed E-state index contributed by atoms with van der Waals surface area (Å²) in [5.74, 6) is -1.01. The number of allylic oxidation sites excluding steroid dienone is 7. The zero-order valence-corrected chi connectivity index (χ0v) is 35.7. The summed E-state index contributed by atoms with van der Waals surface area (Å²) in [7, 11) is -4.64. The molecule has 0 aromatic rings. The molecule has 1 saturated heterocycles. The molecule has 1 rings (SSSR count). The third-order valence-electron chi connectivity index (χ3n) is 9.38. The summed E-state index contributed by atoms with van der Waals surface area (Å²) in [6.45, 7) is 2.25. The molecule has 1 aliphatic heterocycles. The van der Waals surface area contributed by atoms with Crippen LogP contribution in [0.25, 0.3) is 0 Å². The number of rotatable bonds is 39. The fourth-order valence-corrected chi connectivity index (χ4v) is 6.69. The van der Waals surface area contributed by atoms with Gasteiger partial charge in [-0.3, -0.25) is 18.6 Å². The number of epoxide rings is 1. The number of aliphatic hydroxyl groups is 2. The second-order valence-corrected chi connectivity index (χ2v) is 16.2. The molecule has 1 heterocycles. The lowest BCUT2D eigenvalue weighted by Gasteiger charge is -2.20. The molecule has 3 N–H and O–H groups in total. The monoisotopic (exact) mass is 813 g/mol. The number of esters is 2. The Hall–Kier alpha value is -2.11. The van der Waals surface area contributed by atoms with E-state index in [9.17, 15) is 24.2 Å². The number of hydrogen-bond donors (Lipinski definition) is 3. The number of carbonyl (C=O) groups excluding carboxylic acids is 2. The maximum Gasteiger partial charge on any atom is 0.472 e. The molecule has 1 aliphatic rings. The van der Waals surface area contributed by atoms with E-state index < -0.39 is 51.8 Å². The Labute approximate surface area is 338 Å².